The van der Waals surface area contributed by atoms with E-state index in [2.05, 4.69) is 14.7 Å². The summed E-state index contributed by atoms with van der Waals surface area (Å²) in [5.74, 6) is -0.206. The van der Waals surface area contributed by atoms with Crippen molar-refractivity contribution in [2.45, 2.75) is 38.2 Å². The van der Waals surface area contributed by atoms with E-state index in [1.165, 1.54) is 18.6 Å². The molecule has 1 fully saturated rings. The number of hydrogen-bond donors (Lipinski definition) is 1. The molecular weight excluding hydrogens is 522 g/mol. The first-order chi connectivity index (χ1) is 18.3. The molecule has 0 bridgehead atoms. The highest BCUT2D eigenvalue weighted by atomic mass is 35.5. The standard InChI is InChI=1S/C29H26ClN3O4S/c1-17-25(32-28(35)37-18(2)22-6-4-5-7-23(22)30)26(38-33-17)20-10-8-19(9-11-20)24-13-12-21(16-31-24)29(14-15-29)27(34)36-3/h4-13,16,18H,14-15H2,1-3H3,(H,32,35)/t18-/m1/s1. The number of aromatic nitrogens is 2. The molecule has 38 heavy (non-hydrogen) atoms. The second kappa shape index (κ2) is 10.6. The molecule has 1 saturated carbocycles. The Hall–Kier alpha value is -3.75. The predicted molar refractivity (Wildman–Crippen MR) is 148 cm³/mol. The number of amides is 1. The van der Waals surface area contributed by atoms with Crippen LogP contribution in [0.3, 0.4) is 0 Å². The minimum atomic E-state index is -0.580. The van der Waals surface area contributed by atoms with Crippen molar-refractivity contribution in [3.05, 3.63) is 88.7 Å². The van der Waals surface area contributed by atoms with Gasteiger partial charge in [0.25, 0.3) is 0 Å². The summed E-state index contributed by atoms with van der Waals surface area (Å²) in [6.45, 7) is 3.62. The summed E-state index contributed by atoms with van der Waals surface area (Å²) in [6, 6.07) is 19.0. The number of hydrogen-bond acceptors (Lipinski definition) is 7. The summed E-state index contributed by atoms with van der Waals surface area (Å²) >= 11 is 7.54. The lowest BCUT2D eigenvalue weighted by Gasteiger charge is -2.16. The summed E-state index contributed by atoms with van der Waals surface area (Å²) < 4.78 is 15.0. The third-order valence-corrected chi connectivity index (χ3v) is 8.13. The Morgan fingerprint density at radius 2 is 1.76 bits per heavy atom. The molecule has 0 aliphatic heterocycles. The quantitative estimate of drug-likeness (QED) is 0.243. The van der Waals surface area contributed by atoms with Crippen LogP contribution < -0.4 is 5.32 Å². The fourth-order valence-corrected chi connectivity index (χ4v) is 5.59. The lowest BCUT2D eigenvalue weighted by atomic mass is 9.97. The number of methoxy groups -OCH3 is 1. The number of pyridine rings is 1. The molecule has 1 atom stereocenters. The van der Waals surface area contributed by atoms with Crippen molar-refractivity contribution in [3.8, 4) is 21.7 Å². The van der Waals surface area contributed by atoms with Gasteiger partial charge in [-0.1, -0.05) is 60.1 Å². The van der Waals surface area contributed by atoms with Crippen LogP contribution in [0.1, 0.15) is 42.7 Å². The number of rotatable bonds is 7. The maximum Gasteiger partial charge on any atom is 0.412 e. The van der Waals surface area contributed by atoms with E-state index < -0.39 is 17.6 Å². The van der Waals surface area contributed by atoms with Gasteiger partial charge in [0.1, 0.15) is 6.10 Å². The molecule has 0 radical (unpaired) electrons. The van der Waals surface area contributed by atoms with Crippen LogP contribution in [-0.2, 0) is 19.7 Å². The highest BCUT2D eigenvalue weighted by Gasteiger charge is 2.52. The Balaban J connectivity index is 1.30. The SMILES string of the molecule is COC(=O)C1(c2ccc(-c3ccc(-c4snc(C)c4NC(=O)O[C@H](C)c4ccccc4Cl)cc3)nc2)CC1. The third kappa shape index (κ3) is 5.01. The minimum Gasteiger partial charge on any atom is -0.468 e. The fourth-order valence-electron chi connectivity index (χ4n) is 4.45. The molecule has 5 rings (SSSR count). The second-order valence-electron chi connectivity index (χ2n) is 9.25. The van der Waals surface area contributed by atoms with Crippen molar-refractivity contribution in [2.75, 3.05) is 12.4 Å². The van der Waals surface area contributed by atoms with E-state index in [0.717, 1.165) is 45.7 Å². The van der Waals surface area contributed by atoms with Gasteiger partial charge < -0.3 is 9.47 Å². The Kier molecular flexibility index (Phi) is 7.19. The molecule has 0 unspecified atom stereocenters. The van der Waals surface area contributed by atoms with Crippen LogP contribution in [0.4, 0.5) is 10.5 Å². The van der Waals surface area contributed by atoms with E-state index >= 15 is 0 Å². The zero-order valence-electron chi connectivity index (χ0n) is 21.2. The lowest BCUT2D eigenvalue weighted by Crippen LogP contribution is -2.21. The smallest absolute Gasteiger partial charge is 0.412 e. The maximum absolute atomic E-state index is 12.7. The molecule has 9 heteroatoms. The first-order valence-corrected chi connectivity index (χ1v) is 13.3. The normalized spacial score (nSPS) is 14.4. The van der Waals surface area contributed by atoms with Crippen LogP contribution >= 0.6 is 23.1 Å². The first-order valence-electron chi connectivity index (χ1n) is 12.2. The summed E-state index contributed by atoms with van der Waals surface area (Å²) in [7, 11) is 1.42. The van der Waals surface area contributed by atoms with Gasteiger partial charge >= 0.3 is 12.1 Å². The number of halogens is 1. The number of anilines is 1. The summed E-state index contributed by atoms with van der Waals surface area (Å²) in [5.41, 5.74) is 5.05. The van der Waals surface area contributed by atoms with Crippen LogP contribution in [0.2, 0.25) is 5.02 Å². The van der Waals surface area contributed by atoms with Crippen molar-refractivity contribution in [3.63, 3.8) is 0 Å². The van der Waals surface area contributed by atoms with Gasteiger partial charge in [0.15, 0.2) is 0 Å². The highest BCUT2D eigenvalue weighted by Crippen LogP contribution is 2.49. The summed E-state index contributed by atoms with van der Waals surface area (Å²) in [5, 5.41) is 3.40. The number of aryl methyl sites for hydroxylation is 1. The minimum absolute atomic E-state index is 0.206. The van der Waals surface area contributed by atoms with Crippen molar-refractivity contribution in [1.29, 1.82) is 0 Å². The molecule has 2 aromatic carbocycles. The molecule has 7 nitrogen and oxygen atoms in total. The number of ether oxygens (including phenoxy) is 2. The molecule has 1 aliphatic carbocycles. The van der Waals surface area contributed by atoms with E-state index in [0.29, 0.717) is 16.4 Å². The van der Waals surface area contributed by atoms with Gasteiger partial charge in [0.05, 0.1) is 34.5 Å². The number of nitrogens with one attached hydrogen (secondary N) is 1. The second-order valence-corrected chi connectivity index (χ2v) is 10.4. The monoisotopic (exact) mass is 547 g/mol. The molecule has 1 amide bonds. The molecule has 0 spiro atoms. The van der Waals surface area contributed by atoms with Gasteiger partial charge in [-0.25, -0.2) is 4.79 Å². The van der Waals surface area contributed by atoms with E-state index in [4.69, 9.17) is 21.1 Å². The van der Waals surface area contributed by atoms with E-state index in [1.54, 1.807) is 19.2 Å². The van der Waals surface area contributed by atoms with Crippen LogP contribution in [0.15, 0.2) is 66.9 Å². The van der Waals surface area contributed by atoms with Crippen molar-refractivity contribution < 1.29 is 19.1 Å². The van der Waals surface area contributed by atoms with Crippen molar-refractivity contribution >= 4 is 40.9 Å². The molecular formula is C29H26ClN3O4S. The number of benzene rings is 2. The number of carbonyl (C=O) groups is 2. The topological polar surface area (TPSA) is 90.4 Å². The summed E-state index contributed by atoms with van der Waals surface area (Å²) in [6.07, 6.45) is 2.23. The van der Waals surface area contributed by atoms with Gasteiger partial charge in [-0.05, 0) is 61.5 Å². The summed E-state index contributed by atoms with van der Waals surface area (Å²) in [4.78, 5) is 30.3. The number of carbonyl (C=O) groups excluding carboxylic acids is 2. The van der Waals surface area contributed by atoms with E-state index in [9.17, 15) is 9.59 Å². The maximum atomic E-state index is 12.7. The lowest BCUT2D eigenvalue weighted by molar-refractivity contribution is -0.143. The molecule has 2 heterocycles. The van der Waals surface area contributed by atoms with Crippen LogP contribution in [0.5, 0.6) is 0 Å². The average Bonchev–Trinajstić information content (AvgIpc) is 3.67. The van der Waals surface area contributed by atoms with Gasteiger partial charge in [-0.3, -0.25) is 15.1 Å². The molecule has 1 aliphatic rings. The Morgan fingerprint density at radius 3 is 2.39 bits per heavy atom. The number of nitrogens with zero attached hydrogens (tertiary/aromatic N) is 2. The molecule has 0 saturated heterocycles. The zero-order chi connectivity index (χ0) is 26.9. The van der Waals surface area contributed by atoms with Crippen molar-refractivity contribution in [1.82, 2.24) is 9.36 Å². The molecule has 1 N–H and O–H groups in total. The van der Waals surface area contributed by atoms with Gasteiger partial charge in [-0.15, -0.1) is 0 Å². The largest absolute Gasteiger partial charge is 0.468 e. The average molecular weight is 548 g/mol. The third-order valence-electron chi connectivity index (χ3n) is 6.80. The predicted octanol–water partition coefficient (Wildman–Crippen LogP) is 7.35. The number of esters is 1. The van der Waals surface area contributed by atoms with E-state index in [-0.39, 0.29) is 5.97 Å². The Morgan fingerprint density at radius 1 is 1.05 bits per heavy atom. The highest BCUT2D eigenvalue weighted by molar-refractivity contribution is 7.10. The fraction of sp³-hybridized carbons (Fsp3) is 0.241. The van der Waals surface area contributed by atoms with Gasteiger partial charge in [0.2, 0.25) is 0 Å². The molecule has 194 valence electrons. The van der Waals surface area contributed by atoms with Crippen molar-refractivity contribution in [2.24, 2.45) is 0 Å². The van der Waals surface area contributed by atoms with Crippen LogP contribution in [0, 0.1) is 6.92 Å². The van der Waals surface area contributed by atoms with Gasteiger partial charge in [-0.2, -0.15) is 4.37 Å². The Bertz CT molecular complexity index is 1480. The zero-order valence-corrected chi connectivity index (χ0v) is 22.7. The van der Waals surface area contributed by atoms with Crippen LogP contribution in [0.25, 0.3) is 21.7 Å². The van der Waals surface area contributed by atoms with Crippen LogP contribution in [-0.4, -0.2) is 28.5 Å². The Labute approximate surface area is 230 Å². The molecule has 2 aromatic heterocycles. The van der Waals surface area contributed by atoms with Gasteiger partial charge in [0, 0.05) is 22.3 Å². The first kappa shape index (κ1) is 25.9. The molecule has 4 aromatic rings. The van der Waals surface area contributed by atoms with E-state index in [1.807, 2.05) is 61.5 Å².